The molecule has 6 nitrogen and oxygen atoms in total. The topological polar surface area (TPSA) is 59.7 Å². The highest BCUT2D eigenvalue weighted by Gasteiger charge is 2.32. The molecule has 6 heteroatoms. The van der Waals surface area contributed by atoms with E-state index in [0.717, 1.165) is 25.9 Å². The van der Waals surface area contributed by atoms with Crippen molar-refractivity contribution in [2.24, 2.45) is 0 Å². The first kappa shape index (κ1) is 19.0. The van der Waals surface area contributed by atoms with Crippen LogP contribution in [0, 0.1) is 0 Å². The summed E-state index contributed by atoms with van der Waals surface area (Å²) >= 11 is 0. The second-order valence-corrected chi connectivity index (χ2v) is 8.11. The zero-order chi connectivity index (χ0) is 19.7. The van der Waals surface area contributed by atoms with Crippen molar-refractivity contribution in [3.05, 3.63) is 36.0 Å². The Morgan fingerprint density at radius 2 is 1.64 bits per heavy atom. The highest BCUT2D eigenvalue weighted by atomic mass is 16.2. The van der Waals surface area contributed by atoms with E-state index in [0.29, 0.717) is 32.1 Å². The van der Waals surface area contributed by atoms with Gasteiger partial charge < -0.3 is 14.8 Å². The summed E-state index contributed by atoms with van der Waals surface area (Å²) in [6.07, 6.45) is 4.32. The Morgan fingerprint density at radius 1 is 1.00 bits per heavy atom. The van der Waals surface area contributed by atoms with E-state index >= 15 is 0 Å². The molecule has 2 fully saturated rings. The van der Waals surface area contributed by atoms with Crippen LogP contribution in [0.25, 0.3) is 10.9 Å². The van der Waals surface area contributed by atoms with Gasteiger partial charge in [0, 0.05) is 50.2 Å². The maximum atomic E-state index is 12.9. The Balaban J connectivity index is 1.33. The van der Waals surface area contributed by atoms with E-state index in [1.54, 1.807) is 6.92 Å². The third-order valence-electron chi connectivity index (χ3n) is 6.53. The molecule has 1 unspecified atom stereocenters. The number of aromatic nitrogens is 1. The van der Waals surface area contributed by atoms with E-state index in [-0.39, 0.29) is 17.9 Å². The number of nitrogens with zero attached hydrogens (tertiary/aromatic N) is 3. The maximum Gasteiger partial charge on any atom is 0.239 e. The molecule has 2 aliphatic rings. The molecule has 150 valence electrons. The molecular weight excluding hydrogens is 352 g/mol. The minimum absolute atomic E-state index is 0.0900. The summed E-state index contributed by atoms with van der Waals surface area (Å²) in [5.41, 5.74) is 2.61. The van der Waals surface area contributed by atoms with Crippen LogP contribution >= 0.6 is 0 Å². The van der Waals surface area contributed by atoms with Crippen LogP contribution in [-0.4, -0.2) is 76.8 Å². The van der Waals surface area contributed by atoms with Crippen molar-refractivity contribution in [2.75, 3.05) is 39.3 Å². The number of rotatable bonds is 3. The van der Waals surface area contributed by atoms with Gasteiger partial charge in [0.2, 0.25) is 11.8 Å². The molecule has 2 saturated heterocycles. The number of amides is 2. The first-order valence-electron chi connectivity index (χ1n) is 10.4. The first-order chi connectivity index (χ1) is 13.5. The van der Waals surface area contributed by atoms with E-state index in [2.05, 4.69) is 40.3 Å². The Morgan fingerprint density at radius 3 is 2.32 bits per heavy atom. The second-order valence-electron chi connectivity index (χ2n) is 8.11. The van der Waals surface area contributed by atoms with Crippen LogP contribution in [-0.2, 0) is 9.59 Å². The highest BCUT2D eigenvalue weighted by molar-refractivity contribution is 5.84. The summed E-state index contributed by atoms with van der Waals surface area (Å²) in [7, 11) is 0. The molecule has 4 rings (SSSR count). The van der Waals surface area contributed by atoms with Crippen molar-refractivity contribution in [3.63, 3.8) is 0 Å². The van der Waals surface area contributed by atoms with E-state index in [1.165, 1.54) is 16.5 Å². The molecule has 1 aromatic carbocycles. The monoisotopic (exact) mass is 382 g/mol. The SMILES string of the molecule is CC(=O)N1CCN(C(=O)C(C)N2CCC(c3c[nH]c4ccccc34)CC2)CC1. The van der Waals surface area contributed by atoms with Crippen molar-refractivity contribution < 1.29 is 9.59 Å². The van der Waals surface area contributed by atoms with Gasteiger partial charge in [0.25, 0.3) is 0 Å². The number of fused-ring (bicyclic) bond motifs is 1. The fourth-order valence-corrected chi connectivity index (χ4v) is 4.69. The third-order valence-corrected chi connectivity index (χ3v) is 6.53. The van der Waals surface area contributed by atoms with Crippen LogP contribution in [0.3, 0.4) is 0 Å². The lowest BCUT2D eigenvalue weighted by Crippen LogP contribution is -2.55. The third kappa shape index (κ3) is 3.65. The van der Waals surface area contributed by atoms with Gasteiger partial charge in [0.1, 0.15) is 0 Å². The number of hydrogen-bond donors (Lipinski definition) is 1. The zero-order valence-electron chi connectivity index (χ0n) is 16.9. The number of hydrogen-bond acceptors (Lipinski definition) is 3. The van der Waals surface area contributed by atoms with E-state index in [4.69, 9.17) is 0 Å². The number of benzene rings is 1. The molecule has 0 spiro atoms. The molecule has 0 bridgehead atoms. The van der Waals surface area contributed by atoms with E-state index in [9.17, 15) is 9.59 Å². The smallest absolute Gasteiger partial charge is 0.239 e. The van der Waals surface area contributed by atoms with Crippen LogP contribution in [0.5, 0.6) is 0 Å². The lowest BCUT2D eigenvalue weighted by Gasteiger charge is -2.40. The number of H-pyrrole nitrogens is 1. The highest BCUT2D eigenvalue weighted by Crippen LogP contribution is 2.33. The standard InChI is InChI=1S/C22H30N4O2/c1-16(22(28)26-13-11-25(12-14-26)17(2)27)24-9-7-18(8-10-24)20-15-23-21-6-4-3-5-19(20)21/h3-6,15-16,18,23H,7-14H2,1-2H3. The number of aromatic amines is 1. The van der Waals surface area contributed by atoms with Gasteiger partial charge in [-0.25, -0.2) is 0 Å². The van der Waals surface area contributed by atoms with Crippen molar-refractivity contribution in [2.45, 2.75) is 38.6 Å². The summed E-state index contributed by atoms with van der Waals surface area (Å²) in [6, 6.07) is 8.39. The van der Waals surface area contributed by atoms with Gasteiger partial charge in [-0.15, -0.1) is 0 Å². The lowest BCUT2D eigenvalue weighted by molar-refractivity contribution is -0.142. The van der Waals surface area contributed by atoms with Crippen LogP contribution in [0.2, 0.25) is 0 Å². The van der Waals surface area contributed by atoms with Gasteiger partial charge in [-0.05, 0) is 50.4 Å². The lowest BCUT2D eigenvalue weighted by atomic mass is 9.88. The zero-order valence-corrected chi connectivity index (χ0v) is 16.9. The molecule has 0 radical (unpaired) electrons. The molecule has 2 amide bonds. The number of carbonyl (C=O) groups is 2. The van der Waals surface area contributed by atoms with Crippen LogP contribution in [0.4, 0.5) is 0 Å². The number of piperazine rings is 1. The molecule has 28 heavy (non-hydrogen) atoms. The van der Waals surface area contributed by atoms with Crippen LogP contribution < -0.4 is 0 Å². The summed E-state index contributed by atoms with van der Waals surface area (Å²) in [4.78, 5) is 33.9. The number of likely N-dealkylation sites (tertiary alicyclic amines) is 1. The Labute approximate surface area is 166 Å². The molecule has 3 heterocycles. The molecule has 0 saturated carbocycles. The number of carbonyl (C=O) groups excluding carboxylic acids is 2. The van der Waals surface area contributed by atoms with Crippen molar-refractivity contribution in [1.82, 2.24) is 19.7 Å². The quantitative estimate of drug-likeness (QED) is 0.887. The summed E-state index contributed by atoms with van der Waals surface area (Å²) in [5.74, 6) is 0.849. The summed E-state index contributed by atoms with van der Waals surface area (Å²) in [5, 5.41) is 1.33. The van der Waals surface area contributed by atoms with Gasteiger partial charge >= 0.3 is 0 Å². The second kappa shape index (κ2) is 7.95. The number of piperidine rings is 1. The largest absolute Gasteiger partial charge is 0.361 e. The van der Waals surface area contributed by atoms with E-state index < -0.39 is 0 Å². The summed E-state index contributed by atoms with van der Waals surface area (Å²) < 4.78 is 0. The van der Waals surface area contributed by atoms with Gasteiger partial charge in [0.15, 0.2) is 0 Å². The predicted octanol–water partition coefficient (Wildman–Crippen LogP) is 2.43. The minimum atomic E-state index is -0.0900. The number of para-hydroxylation sites is 1. The molecule has 2 aromatic rings. The summed E-state index contributed by atoms with van der Waals surface area (Å²) in [6.45, 7) is 8.12. The normalized spacial score (nSPS) is 20.5. The predicted molar refractivity (Wildman–Crippen MR) is 110 cm³/mol. The van der Waals surface area contributed by atoms with Crippen LogP contribution in [0.15, 0.2) is 30.5 Å². The van der Waals surface area contributed by atoms with Crippen LogP contribution in [0.1, 0.15) is 38.2 Å². The van der Waals surface area contributed by atoms with Crippen molar-refractivity contribution >= 4 is 22.7 Å². The van der Waals surface area contributed by atoms with Crippen molar-refractivity contribution in [1.29, 1.82) is 0 Å². The average Bonchev–Trinajstić information content (AvgIpc) is 3.17. The van der Waals surface area contributed by atoms with Crippen molar-refractivity contribution in [3.8, 4) is 0 Å². The molecule has 0 aliphatic carbocycles. The Bertz CT molecular complexity index is 845. The molecule has 1 atom stereocenters. The molecule has 2 aliphatic heterocycles. The molecule has 1 N–H and O–H groups in total. The fraction of sp³-hybridized carbons (Fsp3) is 0.545. The average molecular weight is 383 g/mol. The maximum absolute atomic E-state index is 12.9. The molecular formula is C22H30N4O2. The Kier molecular flexibility index (Phi) is 5.40. The fourth-order valence-electron chi connectivity index (χ4n) is 4.69. The Hall–Kier alpha value is -2.34. The van der Waals surface area contributed by atoms with Gasteiger partial charge in [-0.3, -0.25) is 14.5 Å². The van der Waals surface area contributed by atoms with Gasteiger partial charge in [-0.2, -0.15) is 0 Å². The number of nitrogens with one attached hydrogen (secondary N) is 1. The molecule has 1 aromatic heterocycles. The minimum Gasteiger partial charge on any atom is -0.361 e. The first-order valence-corrected chi connectivity index (χ1v) is 10.4. The van der Waals surface area contributed by atoms with Gasteiger partial charge in [-0.1, -0.05) is 18.2 Å². The van der Waals surface area contributed by atoms with Gasteiger partial charge in [0.05, 0.1) is 6.04 Å². The van der Waals surface area contributed by atoms with E-state index in [1.807, 2.05) is 16.7 Å².